The van der Waals surface area contributed by atoms with Crippen LogP contribution in [-0.2, 0) is 26.0 Å². The van der Waals surface area contributed by atoms with Gasteiger partial charge in [0.2, 0.25) is 15.9 Å². The molecule has 0 saturated carbocycles. The highest BCUT2D eigenvalue weighted by Gasteiger charge is 2.26. The molecule has 3 aromatic carbocycles. The Morgan fingerprint density at radius 3 is 2.20 bits per heavy atom. The lowest BCUT2D eigenvalue weighted by Gasteiger charge is -2.26. The molecule has 1 aliphatic rings. The first-order valence-electron chi connectivity index (χ1n) is 11.6. The average molecular weight is 495 g/mol. The summed E-state index contributed by atoms with van der Waals surface area (Å²) in [6, 6.07) is 24.0. The molecule has 8 heteroatoms. The average Bonchev–Trinajstić information content (AvgIpc) is 2.92. The third-order valence-electron chi connectivity index (χ3n) is 6.06. The molecule has 7 nitrogen and oxygen atoms in total. The van der Waals surface area contributed by atoms with Crippen molar-refractivity contribution in [3.05, 3.63) is 95.6 Å². The van der Waals surface area contributed by atoms with Gasteiger partial charge >= 0.3 is 0 Å². The van der Waals surface area contributed by atoms with Crippen LogP contribution in [0.2, 0.25) is 0 Å². The molecule has 0 aromatic heterocycles. The maximum absolute atomic E-state index is 12.9. The number of benzene rings is 3. The number of ether oxygens (including phenoxy) is 2. The van der Waals surface area contributed by atoms with E-state index in [1.54, 1.807) is 31.4 Å². The smallest absolute Gasteiger partial charge is 0.243 e. The van der Waals surface area contributed by atoms with Gasteiger partial charge in [-0.25, -0.2) is 8.42 Å². The van der Waals surface area contributed by atoms with Gasteiger partial charge in [-0.15, -0.1) is 0 Å². The zero-order chi connectivity index (χ0) is 24.7. The van der Waals surface area contributed by atoms with E-state index in [-0.39, 0.29) is 23.3 Å². The molecule has 1 heterocycles. The molecule has 184 valence electrons. The lowest BCUT2D eigenvalue weighted by Crippen LogP contribution is -2.40. The number of morpholine rings is 1. The summed E-state index contributed by atoms with van der Waals surface area (Å²) in [7, 11) is -1.91. The van der Waals surface area contributed by atoms with E-state index < -0.39 is 10.0 Å². The monoisotopic (exact) mass is 494 g/mol. The summed E-state index contributed by atoms with van der Waals surface area (Å²) in [5.41, 5.74) is 2.86. The normalized spacial score (nSPS) is 15.3. The molecule has 1 saturated heterocycles. The van der Waals surface area contributed by atoms with Crippen molar-refractivity contribution >= 4 is 15.9 Å². The highest BCUT2D eigenvalue weighted by molar-refractivity contribution is 7.89. The Bertz CT molecular complexity index is 1210. The summed E-state index contributed by atoms with van der Waals surface area (Å²) in [5, 5.41) is 3.14. The molecule has 4 rings (SSSR count). The van der Waals surface area contributed by atoms with E-state index in [1.807, 2.05) is 54.6 Å². The van der Waals surface area contributed by atoms with Crippen molar-refractivity contribution in [2.24, 2.45) is 0 Å². The first-order chi connectivity index (χ1) is 17.0. The van der Waals surface area contributed by atoms with E-state index >= 15 is 0 Å². The number of hydrogen-bond acceptors (Lipinski definition) is 5. The minimum Gasteiger partial charge on any atom is -0.497 e. The van der Waals surface area contributed by atoms with Crippen LogP contribution in [0.1, 0.15) is 29.2 Å². The molecular formula is C27H30N2O5S. The van der Waals surface area contributed by atoms with Crippen molar-refractivity contribution in [3.63, 3.8) is 0 Å². The lowest BCUT2D eigenvalue weighted by molar-refractivity contribution is -0.121. The zero-order valence-corrected chi connectivity index (χ0v) is 20.5. The molecule has 1 aliphatic heterocycles. The van der Waals surface area contributed by atoms with Crippen molar-refractivity contribution in [2.45, 2.75) is 23.8 Å². The fraction of sp³-hybridized carbons (Fsp3) is 0.296. The van der Waals surface area contributed by atoms with Crippen LogP contribution in [0.5, 0.6) is 5.75 Å². The SMILES string of the molecule is COc1ccc(C(NC(=O)CCc2ccc(S(=O)(=O)N3CCOCC3)cc2)c2ccccc2)cc1. The van der Waals surface area contributed by atoms with E-state index in [0.717, 1.165) is 22.4 Å². The van der Waals surface area contributed by atoms with Gasteiger partial charge in [-0.2, -0.15) is 4.31 Å². The second kappa shape index (κ2) is 11.5. The maximum atomic E-state index is 12.9. The molecule has 3 aromatic rings. The predicted octanol–water partition coefficient (Wildman–Crippen LogP) is 3.55. The summed E-state index contributed by atoms with van der Waals surface area (Å²) >= 11 is 0. The molecule has 1 unspecified atom stereocenters. The summed E-state index contributed by atoms with van der Waals surface area (Å²) in [6.45, 7) is 1.54. The molecule has 0 bridgehead atoms. The number of amides is 1. The Labute approximate surface area is 206 Å². The quantitative estimate of drug-likeness (QED) is 0.492. The largest absolute Gasteiger partial charge is 0.497 e. The molecule has 1 atom stereocenters. The van der Waals surface area contributed by atoms with E-state index in [2.05, 4.69) is 5.32 Å². The maximum Gasteiger partial charge on any atom is 0.243 e. The van der Waals surface area contributed by atoms with Crippen LogP contribution in [0.3, 0.4) is 0 Å². The van der Waals surface area contributed by atoms with Crippen molar-refractivity contribution in [3.8, 4) is 5.75 Å². The Kier molecular flexibility index (Phi) is 8.17. The Balaban J connectivity index is 1.40. The standard InChI is InChI=1S/C27H30N2O5S/c1-33-24-12-10-23(11-13-24)27(22-5-3-2-4-6-22)28-26(30)16-9-21-7-14-25(15-8-21)35(31,32)29-17-19-34-20-18-29/h2-8,10-15,27H,9,16-20H2,1H3,(H,28,30). The van der Waals surface area contributed by atoms with Crippen LogP contribution in [-0.4, -0.2) is 52.0 Å². The van der Waals surface area contributed by atoms with E-state index in [9.17, 15) is 13.2 Å². The molecule has 0 aliphatic carbocycles. The van der Waals surface area contributed by atoms with Gasteiger partial charge in [-0.3, -0.25) is 4.79 Å². The van der Waals surface area contributed by atoms with Crippen LogP contribution in [0.4, 0.5) is 0 Å². The van der Waals surface area contributed by atoms with Crippen molar-refractivity contribution in [2.75, 3.05) is 33.4 Å². The van der Waals surface area contributed by atoms with Crippen molar-refractivity contribution in [1.29, 1.82) is 0 Å². The second-order valence-electron chi connectivity index (χ2n) is 8.34. The van der Waals surface area contributed by atoms with Gasteiger partial charge in [-0.05, 0) is 47.4 Å². The summed E-state index contributed by atoms with van der Waals surface area (Å²) in [4.78, 5) is 13.1. The van der Waals surface area contributed by atoms with Crippen LogP contribution < -0.4 is 10.1 Å². The van der Waals surface area contributed by atoms with Crippen LogP contribution in [0.25, 0.3) is 0 Å². The van der Waals surface area contributed by atoms with Crippen LogP contribution in [0, 0.1) is 0 Å². The third kappa shape index (κ3) is 6.28. The molecule has 35 heavy (non-hydrogen) atoms. The number of methoxy groups -OCH3 is 1. The van der Waals surface area contributed by atoms with E-state index in [1.165, 1.54) is 4.31 Å². The number of hydrogen-bond donors (Lipinski definition) is 1. The first-order valence-corrected chi connectivity index (χ1v) is 13.1. The fourth-order valence-electron chi connectivity index (χ4n) is 4.06. The van der Waals surface area contributed by atoms with E-state index in [0.29, 0.717) is 32.7 Å². The van der Waals surface area contributed by atoms with Gasteiger partial charge < -0.3 is 14.8 Å². The van der Waals surface area contributed by atoms with Gasteiger partial charge in [-0.1, -0.05) is 54.6 Å². The number of rotatable bonds is 9. The van der Waals surface area contributed by atoms with Crippen LogP contribution in [0.15, 0.2) is 83.8 Å². The minimum atomic E-state index is -3.53. The summed E-state index contributed by atoms with van der Waals surface area (Å²) in [5.74, 6) is 0.672. The Morgan fingerprint density at radius 1 is 0.943 bits per heavy atom. The lowest BCUT2D eigenvalue weighted by atomic mass is 9.98. The fourth-order valence-corrected chi connectivity index (χ4v) is 5.46. The van der Waals surface area contributed by atoms with Gasteiger partial charge in [0, 0.05) is 19.5 Å². The molecular weight excluding hydrogens is 464 g/mol. The van der Waals surface area contributed by atoms with Gasteiger partial charge in [0.05, 0.1) is 31.3 Å². The first kappa shape index (κ1) is 24.9. The number of aryl methyl sites for hydroxylation is 1. The number of sulfonamides is 1. The zero-order valence-electron chi connectivity index (χ0n) is 19.7. The minimum absolute atomic E-state index is 0.0836. The number of carbonyl (C=O) groups excluding carboxylic acids is 1. The highest BCUT2D eigenvalue weighted by Crippen LogP contribution is 2.24. The molecule has 1 fully saturated rings. The second-order valence-corrected chi connectivity index (χ2v) is 10.3. The topological polar surface area (TPSA) is 84.9 Å². The highest BCUT2D eigenvalue weighted by atomic mass is 32.2. The van der Waals surface area contributed by atoms with E-state index in [4.69, 9.17) is 9.47 Å². The Morgan fingerprint density at radius 2 is 1.57 bits per heavy atom. The predicted molar refractivity (Wildman–Crippen MR) is 134 cm³/mol. The van der Waals surface area contributed by atoms with Gasteiger partial charge in [0.25, 0.3) is 0 Å². The molecule has 0 radical (unpaired) electrons. The number of nitrogens with zero attached hydrogens (tertiary/aromatic N) is 1. The molecule has 1 N–H and O–H groups in total. The summed E-state index contributed by atoms with van der Waals surface area (Å²) in [6.07, 6.45) is 0.795. The van der Waals surface area contributed by atoms with Crippen LogP contribution >= 0.6 is 0 Å². The van der Waals surface area contributed by atoms with Gasteiger partial charge in [0.1, 0.15) is 5.75 Å². The van der Waals surface area contributed by atoms with Crippen molar-refractivity contribution in [1.82, 2.24) is 9.62 Å². The van der Waals surface area contributed by atoms with Crippen molar-refractivity contribution < 1.29 is 22.7 Å². The van der Waals surface area contributed by atoms with Gasteiger partial charge in [0.15, 0.2) is 0 Å². The third-order valence-corrected chi connectivity index (χ3v) is 7.97. The molecule has 1 amide bonds. The Hall–Kier alpha value is -3.20. The molecule has 0 spiro atoms. The number of carbonyl (C=O) groups is 1. The summed E-state index contributed by atoms with van der Waals surface area (Å²) < 4.78 is 37.5. The number of nitrogens with one attached hydrogen (secondary N) is 1.